The molecule has 0 aromatic heterocycles. The minimum absolute atomic E-state index is 0.405. The molecular formula is C21H27N3O2S. The van der Waals surface area contributed by atoms with Crippen molar-refractivity contribution in [1.82, 2.24) is 9.21 Å². The van der Waals surface area contributed by atoms with E-state index >= 15 is 0 Å². The fourth-order valence-electron chi connectivity index (χ4n) is 4.27. The minimum atomic E-state index is -3.36. The average Bonchev–Trinajstić information content (AvgIpc) is 3.22. The third-order valence-electron chi connectivity index (χ3n) is 5.77. The van der Waals surface area contributed by atoms with E-state index in [1.807, 2.05) is 20.2 Å². The summed E-state index contributed by atoms with van der Waals surface area (Å²) < 4.78 is 27.3. The Balaban J connectivity index is 1.37. The van der Waals surface area contributed by atoms with Crippen molar-refractivity contribution >= 4 is 15.7 Å². The van der Waals surface area contributed by atoms with Crippen molar-refractivity contribution in [2.24, 2.45) is 11.8 Å². The van der Waals surface area contributed by atoms with Gasteiger partial charge >= 0.3 is 0 Å². The van der Waals surface area contributed by atoms with Gasteiger partial charge in [-0.05, 0) is 41.7 Å². The van der Waals surface area contributed by atoms with E-state index in [2.05, 4.69) is 34.1 Å². The Labute approximate surface area is 162 Å². The molecule has 2 saturated heterocycles. The van der Waals surface area contributed by atoms with Crippen LogP contribution in [0.4, 0.5) is 5.69 Å². The van der Waals surface area contributed by atoms with E-state index in [1.54, 1.807) is 28.6 Å². The molecule has 0 bridgehead atoms. The quantitative estimate of drug-likeness (QED) is 0.793. The van der Waals surface area contributed by atoms with Crippen LogP contribution in [0.2, 0.25) is 0 Å². The molecule has 2 aromatic carbocycles. The molecule has 0 saturated carbocycles. The molecule has 4 rings (SSSR count). The Morgan fingerprint density at radius 2 is 1.48 bits per heavy atom. The molecule has 2 heterocycles. The number of sulfonamides is 1. The van der Waals surface area contributed by atoms with Gasteiger partial charge in [-0.1, -0.05) is 30.3 Å². The average molecular weight is 386 g/mol. The molecule has 0 amide bonds. The highest BCUT2D eigenvalue weighted by molar-refractivity contribution is 7.89. The number of rotatable bonds is 5. The molecule has 0 N–H and O–H groups in total. The second-order valence-electron chi connectivity index (χ2n) is 7.91. The molecule has 0 radical (unpaired) electrons. The normalized spacial score (nSPS) is 23.5. The summed E-state index contributed by atoms with van der Waals surface area (Å²) in [6.45, 7) is 4.16. The maximum atomic E-state index is 12.8. The fraction of sp³-hybridized carbons (Fsp3) is 0.429. The van der Waals surface area contributed by atoms with Gasteiger partial charge in [-0.3, -0.25) is 4.90 Å². The van der Waals surface area contributed by atoms with Gasteiger partial charge in [-0.25, -0.2) is 8.42 Å². The van der Waals surface area contributed by atoms with Gasteiger partial charge < -0.3 is 4.90 Å². The molecule has 27 heavy (non-hydrogen) atoms. The van der Waals surface area contributed by atoms with Crippen molar-refractivity contribution < 1.29 is 8.42 Å². The lowest BCUT2D eigenvalue weighted by molar-refractivity contribution is 0.289. The topological polar surface area (TPSA) is 43.9 Å². The van der Waals surface area contributed by atoms with E-state index in [-0.39, 0.29) is 0 Å². The van der Waals surface area contributed by atoms with Gasteiger partial charge in [0.05, 0.1) is 4.90 Å². The van der Waals surface area contributed by atoms with Crippen molar-refractivity contribution in [2.75, 3.05) is 45.2 Å². The zero-order chi connectivity index (χ0) is 19.0. The van der Waals surface area contributed by atoms with E-state index in [0.29, 0.717) is 29.8 Å². The molecule has 2 aliphatic rings. The van der Waals surface area contributed by atoms with Crippen LogP contribution in [0.1, 0.15) is 5.56 Å². The Bertz CT molecular complexity index is 867. The van der Waals surface area contributed by atoms with Crippen LogP contribution in [-0.4, -0.2) is 57.9 Å². The van der Waals surface area contributed by atoms with Crippen LogP contribution < -0.4 is 4.90 Å². The molecule has 2 fully saturated rings. The first-order valence-corrected chi connectivity index (χ1v) is 10.9. The molecule has 2 atom stereocenters. The monoisotopic (exact) mass is 385 g/mol. The minimum Gasteiger partial charge on any atom is -0.378 e. The summed E-state index contributed by atoms with van der Waals surface area (Å²) in [5.74, 6) is 0.870. The summed E-state index contributed by atoms with van der Waals surface area (Å²) in [7, 11) is 0.735. The Hall–Kier alpha value is -1.89. The van der Waals surface area contributed by atoms with Crippen molar-refractivity contribution in [3.05, 3.63) is 60.2 Å². The number of hydrogen-bond donors (Lipinski definition) is 0. The Morgan fingerprint density at radius 1 is 0.889 bits per heavy atom. The molecule has 6 heteroatoms. The molecule has 144 valence electrons. The number of anilines is 1. The van der Waals surface area contributed by atoms with Crippen molar-refractivity contribution in [3.8, 4) is 0 Å². The highest BCUT2D eigenvalue weighted by Crippen LogP contribution is 2.34. The second kappa shape index (κ2) is 7.26. The maximum Gasteiger partial charge on any atom is 0.243 e. The molecule has 2 aromatic rings. The second-order valence-corrected chi connectivity index (χ2v) is 9.85. The zero-order valence-electron chi connectivity index (χ0n) is 16.0. The zero-order valence-corrected chi connectivity index (χ0v) is 16.8. The molecule has 0 unspecified atom stereocenters. The summed E-state index contributed by atoms with van der Waals surface area (Å²) >= 11 is 0. The summed E-state index contributed by atoms with van der Waals surface area (Å²) in [5, 5.41) is 0. The number of benzene rings is 2. The summed E-state index contributed by atoms with van der Waals surface area (Å²) in [5.41, 5.74) is 2.52. The number of likely N-dealkylation sites (tertiary alicyclic amines) is 1. The van der Waals surface area contributed by atoms with E-state index in [9.17, 15) is 8.42 Å². The lowest BCUT2D eigenvalue weighted by atomic mass is 10.0. The van der Waals surface area contributed by atoms with Crippen molar-refractivity contribution in [3.63, 3.8) is 0 Å². The highest BCUT2D eigenvalue weighted by Gasteiger charge is 2.44. The molecular weight excluding hydrogens is 358 g/mol. The largest absolute Gasteiger partial charge is 0.378 e. The number of nitrogens with zero attached hydrogens (tertiary/aromatic N) is 3. The Kier molecular flexibility index (Phi) is 4.97. The van der Waals surface area contributed by atoms with Crippen LogP contribution in [0.15, 0.2) is 59.5 Å². The fourth-order valence-corrected chi connectivity index (χ4v) is 5.85. The third kappa shape index (κ3) is 3.74. The van der Waals surface area contributed by atoms with Gasteiger partial charge in [0.25, 0.3) is 0 Å². The van der Waals surface area contributed by atoms with Gasteiger partial charge in [0, 0.05) is 52.5 Å². The smallest absolute Gasteiger partial charge is 0.243 e. The van der Waals surface area contributed by atoms with Crippen LogP contribution in [0.25, 0.3) is 0 Å². The van der Waals surface area contributed by atoms with E-state index in [4.69, 9.17) is 0 Å². The Morgan fingerprint density at radius 3 is 2.04 bits per heavy atom. The maximum absolute atomic E-state index is 12.8. The highest BCUT2D eigenvalue weighted by atomic mass is 32.2. The van der Waals surface area contributed by atoms with E-state index in [1.165, 1.54) is 11.3 Å². The van der Waals surface area contributed by atoms with Crippen LogP contribution in [0.3, 0.4) is 0 Å². The van der Waals surface area contributed by atoms with Crippen molar-refractivity contribution in [2.45, 2.75) is 11.4 Å². The van der Waals surface area contributed by atoms with Crippen LogP contribution in [-0.2, 0) is 16.6 Å². The van der Waals surface area contributed by atoms with E-state index < -0.39 is 10.0 Å². The van der Waals surface area contributed by atoms with Crippen LogP contribution in [0.5, 0.6) is 0 Å². The molecule has 0 spiro atoms. The predicted octanol–water partition coefficient (Wildman–Crippen LogP) is 2.51. The van der Waals surface area contributed by atoms with Gasteiger partial charge in [-0.15, -0.1) is 0 Å². The predicted molar refractivity (Wildman–Crippen MR) is 108 cm³/mol. The number of hydrogen-bond acceptors (Lipinski definition) is 4. The summed E-state index contributed by atoms with van der Waals surface area (Å²) in [6, 6.07) is 17.5. The van der Waals surface area contributed by atoms with Crippen LogP contribution in [0, 0.1) is 11.8 Å². The first kappa shape index (κ1) is 18.5. The van der Waals surface area contributed by atoms with Gasteiger partial charge in [-0.2, -0.15) is 4.31 Å². The van der Waals surface area contributed by atoms with Gasteiger partial charge in [0.1, 0.15) is 0 Å². The summed E-state index contributed by atoms with van der Waals surface area (Å²) in [4.78, 5) is 4.97. The van der Waals surface area contributed by atoms with Gasteiger partial charge in [0.2, 0.25) is 10.0 Å². The third-order valence-corrected chi connectivity index (χ3v) is 7.61. The lowest BCUT2D eigenvalue weighted by Gasteiger charge is -2.22. The van der Waals surface area contributed by atoms with Crippen LogP contribution >= 0.6 is 0 Å². The molecule has 0 aliphatic carbocycles. The van der Waals surface area contributed by atoms with Gasteiger partial charge in [0.15, 0.2) is 0 Å². The molecule has 2 aliphatic heterocycles. The van der Waals surface area contributed by atoms with Crippen molar-refractivity contribution in [1.29, 1.82) is 0 Å². The molecule has 5 nitrogen and oxygen atoms in total. The number of fused-ring (bicyclic) bond motifs is 1. The summed E-state index contributed by atoms with van der Waals surface area (Å²) in [6.07, 6.45) is 0. The SMILES string of the molecule is CN(C)c1ccc(CN2C[C@@H]3CN(S(=O)(=O)c4ccccc4)C[C@@H]3C2)cc1. The standard InChI is InChI=1S/C21H27N3O2S/c1-22(2)20-10-8-17(9-11-20)12-23-13-18-15-24(16-19(18)14-23)27(25,26)21-6-4-3-5-7-21/h3-11,18-19H,12-16H2,1-2H3/t18-,19+. The lowest BCUT2D eigenvalue weighted by Crippen LogP contribution is -2.33. The van der Waals surface area contributed by atoms with E-state index in [0.717, 1.165) is 19.6 Å². The first-order valence-electron chi connectivity index (χ1n) is 9.47. The first-order chi connectivity index (χ1) is 12.9.